The largest absolute Gasteiger partial charge is 0.376 e. The molecule has 18 heavy (non-hydrogen) atoms. The highest BCUT2D eigenvalue weighted by molar-refractivity contribution is 6.33. The van der Waals surface area contributed by atoms with Crippen LogP contribution in [-0.4, -0.2) is 12.3 Å². The predicted octanol–water partition coefficient (Wildman–Crippen LogP) is 3.94. The molecule has 0 amide bonds. The van der Waals surface area contributed by atoms with Crippen LogP contribution in [0, 0.1) is 6.92 Å². The molecule has 2 nitrogen and oxygen atoms in total. The van der Waals surface area contributed by atoms with Gasteiger partial charge in [-0.15, -0.1) is 0 Å². The molecular formula is C15H14ClNO. The second-order valence-electron chi connectivity index (χ2n) is 4.12. The van der Waals surface area contributed by atoms with Gasteiger partial charge in [0.15, 0.2) is 5.78 Å². The van der Waals surface area contributed by atoms with E-state index in [4.69, 9.17) is 11.6 Å². The molecule has 0 fully saturated rings. The minimum Gasteiger partial charge on any atom is -0.376 e. The maximum absolute atomic E-state index is 11.9. The van der Waals surface area contributed by atoms with Crippen LogP contribution in [0.5, 0.6) is 0 Å². The Morgan fingerprint density at radius 1 is 1.11 bits per heavy atom. The molecule has 2 aromatic carbocycles. The zero-order chi connectivity index (χ0) is 13.0. The van der Waals surface area contributed by atoms with Gasteiger partial charge in [0.2, 0.25) is 0 Å². The van der Waals surface area contributed by atoms with Crippen molar-refractivity contribution < 1.29 is 4.79 Å². The number of hydrogen-bond donors (Lipinski definition) is 1. The second-order valence-corrected chi connectivity index (χ2v) is 4.53. The van der Waals surface area contributed by atoms with Gasteiger partial charge in [0, 0.05) is 5.56 Å². The van der Waals surface area contributed by atoms with Crippen LogP contribution in [0.1, 0.15) is 15.9 Å². The first kappa shape index (κ1) is 12.7. The van der Waals surface area contributed by atoms with Crippen LogP contribution in [0.25, 0.3) is 0 Å². The van der Waals surface area contributed by atoms with Gasteiger partial charge in [0.25, 0.3) is 0 Å². The molecule has 3 heteroatoms. The number of anilines is 1. The summed E-state index contributed by atoms with van der Waals surface area (Å²) in [4.78, 5) is 11.9. The fraction of sp³-hybridized carbons (Fsp3) is 0.133. The zero-order valence-corrected chi connectivity index (χ0v) is 10.9. The topological polar surface area (TPSA) is 29.1 Å². The number of halogens is 1. The first-order valence-electron chi connectivity index (χ1n) is 5.75. The summed E-state index contributed by atoms with van der Waals surface area (Å²) in [7, 11) is 0. The molecule has 0 aliphatic rings. The number of aryl methyl sites for hydroxylation is 1. The molecule has 0 bridgehead atoms. The van der Waals surface area contributed by atoms with Crippen molar-refractivity contribution in [2.75, 3.05) is 11.9 Å². The van der Waals surface area contributed by atoms with Gasteiger partial charge >= 0.3 is 0 Å². The van der Waals surface area contributed by atoms with Crippen molar-refractivity contribution >= 4 is 23.1 Å². The van der Waals surface area contributed by atoms with Crippen LogP contribution in [0.4, 0.5) is 5.69 Å². The van der Waals surface area contributed by atoms with Gasteiger partial charge in [0.1, 0.15) is 0 Å². The van der Waals surface area contributed by atoms with E-state index in [0.717, 1.165) is 11.3 Å². The van der Waals surface area contributed by atoms with Crippen molar-refractivity contribution in [2.24, 2.45) is 0 Å². The summed E-state index contributed by atoms with van der Waals surface area (Å²) in [5.41, 5.74) is 2.63. The average molecular weight is 260 g/mol. The lowest BCUT2D eigenvalue weighted by Crippen LogP contribution is -2.14. The molecule has 0 aromatic heterocycles. The van der Waals surface area contributed by atoms with Crippen LogP contribution in [0.15, 0.2) is 48.5 Å². The van der Waals surface area contributed by atoms with E-state index >= 15 is 0 Å². The molecule has 1 N–H and O–H groups in total. The Kier molecular flexibility index (Phi) is 4.00. The van der Waals surface area contributed by atoms with E-state index in [1.54, 1.807) is 6.07 Å². The molecule has 2 rings (SSSR count). The summed E-state index contributed by atoms with van der Waals surface area (Å²) in [5.74, 6) is 0.0509. The first-order valence-corrected chi connectivity index (χ1v) is 6.13. The molecule has 2 aromatic rings. The number of carbonyl (C=O) groups excluding carboxylic acids is 1. The molecule has 0 spiro atoms. The van der Waals surface area contributed by atoms with E-state index in [1.165, 1.54) is 0 Å². The molecule has 0 saturated heterocycles. The Morgan fingerprint density at radius 3 is 2.44 bits per heavy atom. The number of nitrogens with one attached hydrogen (secondary N) is 1. The Hall–Kier alpha value is -1.80. The summed E-state index contributed by atoms with van der Waals surface area (Å²) >= 11 is 6.00. The maximum atomic E-state index is 11.9. The number of benzene rings is 2. The second kappa shape index (κ2) is 5.69. The first-order chi connectivity index (χ1) is 8.66. The number of Topliss-reactive ketones (excluding diaryl/α,β-unsaturated/α-hetero) is 1. The summed E-state index contributed by atoms with van der Waals surface area (Å²) in [6.45, 7) is 2.24. The average Bonchev–Trinajstić information content (AvgIpc) is 2.38. The molecule has 0 unspecified atom stereocenters. The third-order valence-electron chi connectivity index (χ3n) is 2.69. The van der Waals surface area contributed by atoms with Crippen LogP contribution in [-0.2, 0) is 0 Å². The number of rotatable bonds is 4. The van der Waals surface area contributed by atoms with Crippen molar-refractivity contribution in [3.63, 3.8) is 0 Å². The number of hydrogen-bond acceptors (Lipinski definition) is 2. The molecule has 0 atom stereocenters. The molecular weight excluding hydrogens is 246 g/mol. The number of ketones is 1. The third-order valence-corrected chi connectivity index (χ3v) is 3.02. The van der Waals surface area contributed by atoms with Crippen molar-refractivity contribution in [3.8, 4) is 0 Å². The summed E-state index contributed by atoms with van der Waals surface area (Å²) in [6.07, 6.45) is 0. The molecule has 92 valence electrons. The Morgan fingerprint density at radius 2 is 1.78 bits per heavy atom. The fourth-order valence-electron chi connectivity index (χ4n) is 1.62. The number of para-hydroxylation sites is 1. The molecule has 0 saturated carbocycles. The fourth-order valence-corrected chi connectivity index (χ4v) is 1.82. The lowest BCUT2D eigenvalue weighted by molar-refractivity contribution is 0.101. The highest BCUT2D eigenvalue weighted by Crippen LogP contribution is 2.20. The lowest BCUT2D eigenvalue weighted by atomic mass is 10.1. The van der Waals surface area contributed by atoms with Crippen molar-refractivity contribution in [1.29, 1.82) is 0 Å². The zero-order valence-electron chi connectivity index (χ0n) is 10.1. The third kappa shape index (κ3) is 3.11. The number of carbonyl (C=O) groups is 1. The smallest absolute Gasteiger partial charge is 0.181 e. The monoisotopic (exact) mass is 259 g/mol. The highest BCUT2D eigenvalue weighted by atomic mass is 35.5. The van der Waals surface area contributed by atoms with Crippen LogP contribution < -0.4 is 5.32 Å². The van der Waals surface area contributed by atoms with E-state index in [0.29, 0.717) is 10.6 Å². The van der Waals surface area contributed by atoms with Gasteiger partial charge < -0.3 is 5.32 Å². The van der Waals surface area contributed by atoms with E-state index in [-0.39, 0.29) is 12.3 Å². The van der Waals surface area contributed by atoms with Gasteiger partial charge in [-0.2, -0.15) is 0 Å². The predicted molar refractivity (Wildman–Crippen MR) is 75.5 cm³/mol. The molecule has 0 aliphatic carbocycles. The van der Waals surface area contributed by atoms with Crippen LogP contribution in [0.3, 0.4) is 0 Å². The van der Waals surface area contributed by atoms with Crippen molar-refractivity contribution in [1.82, 2.24) is 0 Å². The van der Waals surface area contributed by atoms with Gasteiger partial charge in [-0.05, 0) is 19.1 Å². The standard InChI is InChI=1S/C15H14ClNO/c1-11-6-8-12(9-7-11)15(18)10-17-14-5-3-2-4-13(14)16/h2-9,17H,10H2,1H3. The summed E-state index contributed by atoms with van der Waals surface area (Å²) < 4.78 is 0. The van der Waals surface area contributed by atoms with Crippen LogP contribution >= 0.6 is 11.6 Å². The SMILES string of the molecule is Cc1ccc(C(=O)CNc2ccccc2Cl)cc1. The summed E-state index contributed by atoms with van der Waals surface area (Å²) in [5, 5.41) is 3.66. The molecule has 0 radical (unpaired) electrons. The maximum Gasteiger partial charge on any atom is 0.181 e. The lowest BCUT2D eigenvalue weighted by Gasteiger charge is -2.07. The van der Waals surface area contributed by atoms with E-state index < -0.39 is 0 Å². The quantitative estimate of drug-likeness (QED) is 0.843. The van der Waals surface area contributed by atoms with E-state index in [2.05, 4.69) is 5.32 Å². The van der Waals surface area contributed by atoms with E-state index in [1.807, 2.05) is 49.4 Å². The van der Waals surface area contributed by atoms with Crippen LogP contribution in [0.2, 0.25) is 5.02 Å². The molecule has 0 aliphatic heterocycles. The Labute approximate surface area is 112 Å². The molecule has 0 heterocycles. The van der Waals surface area contributed by atoms with Gasteiger partial charge in [-0.25, -0.2) is 0 Å². The van der Waals surface area contributed by atoms with Crippen molar-refractivity contribution in [2.45, 2.75) is 6.92 Å². The van der Waals surface area contributed by atoms with Gasteiger partial charge in [-0.3, -0.25) is 4.79 Å². The van der Waals surface area contributed by atoms with Crippen molar-refractivity contribution in [3.05, 3.63) is 64.7 Å². The minimum absolute atomic E-state index is 0.0509. The Balaban J connectivity index is 2.01. The van der Waals surface area contributed by atoms with E-state index in [9.17, 15) is 4.79 Å². The normalized spacial score (nSPS) is 10.1. The summed E-state index contributed by atoms with van der Waals surface area (Å²) in [6, 6.07) is 14.9. The minimum atomic E-state index is 0.0509. The van der Waals surface area contributed by atoms with Gasteiger partial charge in [0.05, 0.1) is 17.3 Å². The Bertz CT molecular complexity index is 549. The van der Waals surface area contributed by atoms with Gasteiger partial charge in [-0.1, -0.05) is 53.6 Å². The highest BCUT2D eigenvalue weighted by Gasteiger charge is 2.06.